The molecule has 3 aromatic rings. The normalized spacial score (nSPS) is 11.1. The molecule has 0 saturated heterocycles. The van der Waals surface area contributed by atoms with Gasteiger partial charge in [0.2, 0.25) is 5.82 Å². The van der Waals surface area contributed by atoms with E-state index in [1.807, 2.05) is 24.3 Å². The smallest absolute Gasteiger partial charge is 0.331 e. The van der Waals surface area contributed by atoms with Crippen LogP contribution in [-0.2, 0) is 16.1 Å². The first-order chi connectivity index (χ1) is 15.4. The van der Waals surface area contributed by atoms with E-state index in [-0.39, 0.29) is 12.5 Å². The van der Waals surface area contributed by atoms with Gasteiger partial charge < -0.3 is 23.5 Å². The molecule has 0 radical (unpaired) electrons. The molecule has 32 heavy (non-hydrogen) atoms. The lowest BCUT2D eigenvalue weighted by atomic mass is 10.0. The second-order valence-corrected chi connectivity index (χ2v) is 7.18. The van der Waals surface area contributed by atoms with Gasteiger partial charge in [-0.05, 0) is 23.6 Å². The average molecular weight is 438 g/mol. The number of ether oxygens (including phenoxy) is 4. The minimum atomic E-state index is -0.567. The fourth-order valence-corrected chi connectivity index (χ4v) is 2.97. The van der Waals surface area contributed by atoms with Crippen molar-refractivity contribution in [2.45, 2.75) is 26.4 Å². The van der Waals surface area contributed by atoms with Crippen molar-refractivity contribution in [1.29, 1.82) is 0 Å². The molecule has 0 bridgehead atoms. The maximum absolute atomic E-state index is 12.1. The summed E-state index contributed by atoms with van der Waals surface area (Å²) in [5.74, 6) is 2.09. The third-order valence-corrected chi connectivity index (χ3v) is 4.78. The number of hydrogen-bond acceptors (Lipinski definition) is 8. The molecule has 0 aliphatic rings. The lowest BCUT2D eigenvalue weighted by molar-refractivity contribution is -0.139. The van der Waals surface area contributed by atoms with Crippen LogP contribution in [0.1, 0.15) is 36.8 Å². The molecule has 8 heteroatoms. The Balaban J connectivity index is 1.62. The summed E-state index contributed by atoms with van der Waals surface area (Å²) < 4.78 is 26.3. The maximum Gasteiger partial charge on any atom is 0.331 e. The summed E-state index contributed by atoms with van der Waals surface area (Å²) in [4.78, 5) is 16.4. The number of carbonyl (C=O) groups excluding carboxylic acids is 1. The molecule has 8 nitrogen and oxygen atoms in total. The van der Waals surface area contributed by atoms with Crippen molar-refractivity contribution in [2.75, 3.05) is 21.3 Å². The van der Waals surface area contributed by atoms with Crippen LogP contribution in [-0.4, -0.2) is 37.4 Å². The van der Waals surface area contributed by atoms with E-state index in [4.69, 9.17) is 23.5 Å². The van der Waals surface area contributed by atoms with Crippen LogP contribution in [0.25, 0.3) is 17.5 Å². The minimum Gasteiger partial charge on any atom is -0.496 e. The van der Waals surface area contributed by atoms with Crippen LogP contribution in [0.3, 0.4) is 0 Å². The summed E-state index contributed by atoms with van der Waals surface area (Å²) in [6.07, 6.45) is 2.85. The Morgan fingerprint density at radius 2 is 1.66 bits per heavy atom. The van der Waals surface area contributed by atoms with Gasteiger partial charge in [0.05, 0.1) is 21.3 Å². The average Bonchev–Trinajstić information content (AvgIpc) is 3.29. The number of nitrogens with zero attached hydrogens (tertiary/aromatic N) is 2. The molecule has 0 unspecified atom stereocenters. The summed E-state index contributed by atoms with van der Waals surface area (Å²) in [6, 6.07) is 11.3. The largest absolute Gasteiger partial charge is 0.496 e. The Bertz CT molecular complexity index is 1090. The number of methoxy groups -OCH3 is 3. The fraction of sp³-hybridized carbons (Fsp3) is 0.292. The standard InChI is InChI=1S/C24H26N2O6/c1-15(2)16-6-8-17(9-7-16)24-25-22(32-26-24)14-31-23(27)11-10-18-12-20(29-4)21(30-5)13-19(18)28-3/h6-13,15H,14H2,1-5H3/b11-10+. The highest BCUT2D eigenvalue weighted by molar-refractivity contribution is 5.87. The second kappa shape index (κ2) is 10.5. The van der Waals surface area contributed by atoms with E-state index in [0.717, 1.165) is 5.56 Å². The topological polar surface area (TPSA) is 92.9 Å². The van der Waals surface area contributed by atoms with Gasteiger partial charge in [-0.1, -0.05) is 43.3 Å². The number of benzene rings is 2. The van der Waals surface area contributed by atoms with Crippen molar-refractivity contribution >= 4 is 12.0 Å². The summed E-state index contributed by atoms with van der Waals surface area (Å²) >= 11 is 0. The summed E-state index contributed by atoms with van der Waals surface area (Å²) in [5, 5.41) is 3.95. The van der Waals surface area contributed by atoms with Gasteiger partial charge in [-0.25, -0.2) is 4.79 Å². The van der Waals surface area contributed by atoms with Gasteiger partial charge in [-0.15, -0.1) is 0 Å². The highest BCUT2D eigenvalue weighted by Crippen LogP contribution is 2.35. The molecule has 0 atom stereocenters. The lowest BCUT2D eigenvalue weighted by Gasteiger charge is -2.12. The predicted molar refractivity (Wildman–Crippen MR) is 119 cm³/mol. The second-order valence-electron chi connectivity index (χ2n) is 7.18. The molecule has 0 aliphatic carbocycles. The van der Waals surface area contributed by atoms with E-state index in [0.29, 0.717) is 34.6 Å². The Hall–Kier alpha value is -3.81. The number of carbonyl (C=O) groups is 1. The predicted octanol–water partition coefficient (Wildman–Crippen LogP) is 4.64. The van der Waals surface area contributed by atoms with Gasteiger partial charge in [0, 0.05) is 23.3 Å². The Kier molecular flexibility index (Phi) is 7.49. The quantitative estimate of drug-likeness (QED) is 0.352. The molecule has 0 fully saturated rings. The molecular formula is C24H26N2O6. The Labute approximate surface area is 186 Å². The lowest BCUT2D eigenvalue weighted by Crippen LogP contribution is -2.01. The molecule has 168 valence electrons. The maximum atomic E-state index is 12.1. The van der Waals surface area contributed by atoms with Gasteiger partial charge in [0.25, 0.3) is 5.89 Å². The first kappa shape index (κ1) is 22.9. The van der Waals surface area contributed by atoms with E-state index in [1.54, 1.807) is 18.2 Å². The van der Waals surface area contributed by atoms with Crippen LogP contribution in [0.15, 0.2) is 47.0 Å². The van der Waals surface area contributed by atoms with Crippen molar-refractivity contribution in [1.82, 2.24) is 10.1 Å². The van der Waals surface area contributed by atoms with Crippen molar-refractivity contribution in [2.24, 2.45) is 0 Å². The van der Waals surface area contributed by atoms with Crippen LogP contribution < -0.4 is 14.2 Å². The molecule has 0 N–H and O–H groups in total. The van der Waals surface area contributed by atoms with Crippen molar-refractivity contribution in [3.63, 3.8) is 0 Å². The number of rotatable bonds is 9. The number of aromatic nitrogens is 2. The molecule has 0 aliphatic heterocycles. The first-order valence-electron chi connectivity index (χ1n) is 10.0. The van der Waals surface area contributed by atoms with Crippen LogP contribution >= 0.6 is 0 Å². The summed E-state index contributed by atoms with van der Waals surface area (Å²) in [7, 11) is 4.59. The van der Waals surface area contributed by atoms with E-state index >= 15 is 0 Å². The Morgan fingerprint density at radius 3 is 2.28 bits per heavy atom. The summed E-state index contributed by atoms with van der Waals surface area (Å²) in [6.45, 7) is 4.13. The Morgan fingerprint density at radius 1 is 1.00 bits per heavy atom. The number of hydrogen-bond donors (Lipinski definition) is 0. The van der Waals surface area contributed by atoms with Crippen LogP contribution in [0.4, 0.5) is 0 Å². The molecular weight excluding hydrogens is 412 g/mol. The molecule has 1 heterocycles. The molecule has 0 spiro atoms. The monoisotopic (exact) mass is 438 g/mol. The zero-order chi connectivity index (χ0) is 23.1. The van der Waals surface area contributed by atoms with E-state index in [9.17, 15) is 4.79 Å². The zero-order valence-electron chi connectivity index (χ0n) is 18.7. The van der Waals surface area contributed by atoms with E-state index < -0.39 is 5.97 Å². The van der Waals surface area contributed by atoms with Crippen LogP contribution in [0.2, 0.25) is 0 Å². The van der Waals surface area contributed by atoms with Crippen LogP contribution in [0, 0.1) is 0 Å². The van der Waals surface area contributed by atoms with Crippen molar-refractivity contribution < 1.29 is 28.3 Å². The van der Waals surface area contributed by atoms with E-state index in [1.165, 1.54) is 33.0 Å². The molecule has 0 amide bonds. The van der Waals surface area contributed by atoms with Gasteiger partial charge in [-0.3, -0.25) is 0 Å². The molecule has 2 aromatic carbocycles. The molecule has 3 rings (SSSR count). The van der Waals surface area contributed by atoms with Gasteiger partial charge >= 0.3 is 5.97 Å². The van der Waals surface area contributed by atoms with Gasteiger partial charge in [0.15, 0.2) is 18.1 Å². The number of esters is 1. The molecule has 1 aromatic heterocycles. The third-order valence-electron chi connectivity index (χ3n) is 4.78. The van der Waals surface area contributed by atoms with Gasteiger partial charge in [0.1, 0.15) is 5.75 Å². The van der Waals surface area contributed by atoms with Crippen molar-refractivity contribution in [3.05, 3.63) is 59.5 Å². The first-order valence-corrected chi connectivity index (χ1v) is 10.0. The van der Waals surface area contributed by atoms with Crippen LogP contribution in [0.5, 0.6) is 17.2 Å². The zero-order valence-corrected chi connectivity index (χ0v) is 18.7. The third kappa shape index (κ3) is 5.46. The fourth-order valence-electron chi connectivity index (χ4n) is 2.97. The highest BCUT2D eigenvalue weighted by Gasteiger charge is 2.12. The highest BCUT2D eigenvalue weighted by atomic mass is 16.6. The summed E-state index contributed by atoms with van der Waals surface area (Å²) in [5.41, 5.74) is 2.69. The molecule has 0 saturated carbocycles. The van der Waals surface area contributed by atoms with Gasteiger partial charge in [-0.2, -0.15) is 4.98 Å². The van der Waals surface area contributed by atoms with Crippen molar-refractivity contribution in [3.8, 4) is 28.6 Å². The SMILES string of the molecule is COc1cc(OC)c(OC)cc1/C=C/C(=O)OCc1nc(-c2ccc(C(C)C)cc2)no1. The van der Waals surface area contributed by atoms with E-state index in [2.05, 4.69) is 24.0 Å². The minimum absolute atomic E-state index is 0.136.